The van der Waals surface area contributed by atoms with E-state index in [-0.39, 0.29) is 0 Å². The van der Waals surface area contributed by atoms with E-state index in [1.807, 2.05) is 54.6 Å². The van der Waals surface area contributed by atoms with Gasteiger partial charge >= 0.3 is 5.97 Å². The maximum absolute atomic E-state index is 10.9. The Kier molecular flexibility index (Phi) is 8.42. The molecule has 2 rings (SSSR count). The number of rotatable bonds is 7. The topological polar surface area (TPSA) is 81.8 Å². The molecular formula is C18H23NO4. The van der Waals surface area contributed by atoms with E-state index in [1.54, 1.807) is 0 Å². The zero-order valence-electron chi connectivity index (χ0n) is 13.4. The Morgan fingerprint density at radius 2 is 1.65 bits per heavy atom. The minimum Gasteiger partial charge on any atom is -0.489 e. The molecule has 0 aromatic heterocycles. The summed E-state index contributed by atoms with van der Waals surface area (Å²) in [7, 11) is 2.90. The second kappa shape index (κ2) is 10.4. The Bertz CT molecular complexity index is 569. The molecule has 23 heavy (non-hydrogen) atoms. The number of methoxy groups -OCH3 is 1. The van der Waals surface area contributed by atoms with Gasteiger partial charge < -0.3 is 20.3 Å². The SMILES string of the molecule is CN.COC(Cc1ccc(OCc2ccccc2)cc1)C(=O)O. The maximum Gasteiger partial charge on any atom is 0.333 e. The predicted octanol–water partition coefficient (Wildman–Crippen LogP) is 2.48. The molecule has 5 nitrogen and oxygen atoms in total. The number of aliphatic carboxylic acids is 1. The van der Waals surface area contributed by atoms with E-state index in [1.165, 1.54) is 14.2 Å². The van der Waals surface area contributed by atoms with Crippen molar-refractivity contribution >= 4 is 5.97 Å². The molecule has 0 amide bonds. The highest BCUT2D eigenvalue weighted by Gasteiger charge is 2.16. The van der Waals surface area contributed by atoms with Crippen LogP contribution < -0.4 is 10.5 Å². The smallest absolute Gasteiger partial charge is 0.333 e. The van der Waals surface area contributed by atoms with Gasteiger partial charge in [-0.2, -0.15) is 0 Å². The number of hydrogen-bond donors (Lipinski definition) is 2. The van der Waals surface area contributed by atoms with Crippen LogP contribution in [0, 0.1) is 0 Å². The van der Waals surface area contributed by atoms with Crippen LogP contribution in [0.1, 0.15) is 11.1 Å². The fourth-order valence-electron chi connectivity index (χ4n) is 1.95. The molecule has 3 N–H and O–H groups in total. The van der Waals surface area contributed by atoms with Crippen LogP contribution in [0.3, 0.4) is 0 Å². The summed E-state index contributed by atoms with van der Waals surface area (Å²) in [5, 5.41) is 8.95. The first kappa shape index (κ1) is 18.7. The van der Waals surface area contributed by atoms with Crippen LogP contribution in [-0.2, 0) is 22.6 Å². The molecule has 5 heteroatoms. The number of nitrogens with two attached hydrogens (primary N) is 1. The molecule has 1 unspecified atom stereocenters. The lowest BCUT2D eigenvalue weighted by Crippen LogP contribution is -2.24. The van der Waals surface area contributed by atoms with Crippen LogP contribution in [0.25, 0.3) is 0 Å². The largest absolute Gasteiger partial charge is 0.489 e. The third-order valence-electron chi connectivity index (χ3n) is 3.15. The summed E-state index contributed by atoms with van der Waals surface area (Å²) in [6, 6.07) is 17.3. The van der Waals surface area contributed by atoms with Gasteiger partial charge in [0.1, 0.15) is 12.4 Å². The normalized spacial score (nSPS) is 11.1. The highest BCUT2D eigenvalue weighted by atomic mass is 16.5. The fourth-order valence-corrected chi connectivity index (χ4v) is 1.95. The van der Waals surface area contributed by atoms with Crippen LogP contribution in [0.4, 0.5) is 0 Å². The summed E-state index contributed by atoms with van der Waals surface area (Å²) < 4.78 is 10.6. The average Bonchev–Trinajstić information content (AvgIpc) is 2.61. The predicted molar refractivity (Wildman–Crippen MR) is 89.5 cm³/mol. The van der Waals surface area contributed by atoms with Crippen molar-refractivity contribution in [2.45, 2.75) is 19.1 Å². The molecule has 2 aromatic carbocycles. The van der Waals surface area contributed by atoms with Crippen LogP contribution >= 0.6 is 0 Å². The first-order valence-electron chi connectivity index (χ1n) is 7.28. The Balaban J connectivity index is 0.00000127. The first-order valence-corrected chi connectivity index (χ1v) is 7.28. The molecule has 1 atom stereocenters. The van der Waals surface area contributed by atoms with Gasteiger partial charge in [0.2, 0.25) is 0 Å². The summed E-state index contributed by atoms with van der Waals surface area (Å²) >= 11 is 0. The summed E-state index contributed by atoms with van der Waals surface area (Å²) in [5.74, 6) is -0.200. The van der Waals surface area contributed by atoms with Gasteiger partial charge in [0.05, 0.1) is 0 Å². The number of ether oxygens (including phenoxy) is 2. The summed E-state index contributed by atoms with van der Waals surface area (Å²) in [5.41, 5.74) is 6.50. The number of carboxylic acid groups (broad SMARTS) is 1. The van der Waals surface area contributed by atoms with E-state index in [4.69, 9.17) is 14.6 Å². The van der Waals surface area contributed by atoms with Gasteiger partial charge in [-0.3, -0.25) is 0 Å². The molecule has 0 bridgehead atoms. The lowest BCUT2D eigenvalue weighted by atomic mass is 10.1. The lowest BCUT2D eigenvalue weighted by Gasteiger charge is -2.11. The fraction of sp³-hybridized carbons (Fsp3) is 0.278. The highest BCUT2D eigenvalue weighted by Crippen LogP contribution is 2.16. The molecule has 0 heterocycles. The molecule has 0 aliphatic heterocycles. The first-order chi connectivity index (χ1) is 11.2. The Morgan fingerprint density at radius 3 is 2.17 bits per heavy atom. The third kappa shape index (κ3) is 6.50. The molecule has 0 saturated carbocycles. The molecule has 0 radical (unpaired) electrons. The van der Waals surface area contributed by atoms with Crippen molar-refractivity contribution in [3.05, 3.63) is 65.7 Å². The minimum absolute atomic E-state index is 0.338. The van der Waals surface area contributed by atoms with E-state index >= 15 is 0 Å². The molecule has 0 aliphatic rings. The van der Waals surface area contributed by atoms with Crippen LogP contribution in [0.15, 0.2) is 54.6 Å². The molecule has 0 aliphatic carbocycles. The van der Waals surface area contributed by atoms with Crippen molar-refractivity contribution in [2.24, 2.45) is 5.73 Å². The van der Waals surface area contributed by atoms with Crippen molar-refractivity contribution in [3.8, 4) is 5.75 Å². The van der Waals surface area contributed by atoms with Crippen molar-refractivity contribution in [3.63, 3.8) is 0 Å². The average molecular weight is 317 g/mol. The van der Waals surface area contributed by atoms with Crippen LogP contribution in [0.2, 0.25) is 0 Å². The van der Waals surface area contributed by atoms with Gasteiger partial charge in [-0.1, -0.05) is 42.5 Å². The van der Waals surface area contributed by atoms with Gasteiger partial charge in [0.15, 0.2) is 6.10 Å². The second-order valence-corrected chi connectivity index (χ2v) is 4.68. The second-order valence-electron chi connectivity index (χ2n) is 4.68. The Morgan fingerprint density at radius 1 is 1.04 bits per heavy atom. The number of hydrogen-bond acceptors (Lipinski definition) is 4. The molecule has 124 valence electrons. The zero-order chi connectivity index (χ0) is 17.1. The van der Waals surface area contributed by atoms with Crippen molar-refractivity contribution < 1.29 is 19.4 Å². The summed E-state index contributed by atoms with van der Waals surface area (Å²) in [6.45, 7) is 0.510. The van der Waals surface area contributed by atoms with Gasteiger partial charge in [0, 0.05) is 13.5 Å². The molecule has 2 aromatic rings. The van der Waals surface area contributed by atoms with Gasteiger partial charge in [-0.05, 0) is 30.3 Å². The van der Waals surface area contributed by atoms with E-state index < -0.39 is 12.1 Å². The third-order valence-corrected chi connectivity index (χ3v) is 3.15. The van der Waals surface area contributed by atoms with Crippen LogP contribution in [-0.4, -0.2) is 31.3 Å². The van der Waals surface area contributed by atoms with E-state index in [2.05, 4.69) is 5.73 Å². The van der Waals surface area contributed by atoms with Gasteiger partial charge in [-0.15, -0.1) is 0 Å². The van der Waals surface area contributed by atoms with Crippen molar-refractivity contribution in [2.75, 3.05) is 14.2 Å². The highest BCUT2D eigenvalue weighted by molar-refractivity contribution is 5.72. The molecule has 0 saturated heterocycles. The number of benzene rings is 2. The van der Waals surface area contributed by atoms with Gasteiger partial charge in [-0.25, -0.2) is 4.79 Å². The monoisotopic (exact) mass is 317 g/mol. The maximum atomic E-state index is 10.9. The Labute approximate surface area is 136 Å². The zero-order valence-corrected chi connectivity index (χ0v) is 13.4. The Hall–Kier alpha value is -2.37. The van der Waals surface area contributed by atoms with Crippen molar-refractivity contribution in [1.29, 1.82) is 0 Å². The van der Waals surface area contributed by atoms with E-state index in [0.717, 1.165) is 16.9 Å². The number of carboxylic acids is 1. The molecule has 0 fully saturated rings. The standard InChI is InChI=1S/C17H18O4.CH5N/c1-20-16(17(18)19)11-13-7-9-15(10-8-13)21-12-14-5-3-2-4-6-14;1-2/h2-10,16H,11-12H2,1H3,(H,18,19);2H2,1H3. The molecular weight excluding hydrogens is 294 g/mol. The molecule has 0 spiro atoms. The summed E-state index contributed by atoms with van der Waals surface area (Å²) in [6.07, 6.45) is -0.480. The van der Waals surface area contributed by atoms with Gasteiger partial charge in [0.25, 0.3) is 0 Å². The van der Waals surface area contributed by atoms with E-state index in [9.17, 15) is 4.79 Å². The summed E-state index contributed by atoms with van der Waals surface area (Å²) in [4.78, 5) is 10.9. The number of carbonyl (C=O) groups is 1. The van der Waals surface area contributed by atoms with Crippen LogP contribution in [0.5, 0.6) is 5.75 Å². The van der Waals surface area contributed by atoms with E-state index in [0.29, 0.717) is 13.0 Å². The lowest BCUT2D eigenvalue weighted by molar-refractivity contribution is -0.148. The van der Waals surface area contributed by atoms with Crippen molar-refractivity contribution in [1.82, 2.24) is 0 Å². The quantitative estimate of drug-likeness (QED) is 0.820. The minimum atomic E-state index is -0.957.